The molecule has 0 aliphatic rings. The number of benzene rings is 2. The molecular weight excluding hydrogens is 316 g/mol. The van der Waals surface area contributed by atoms with E-state index in [4.69, 9.17) is 0 Å². The van der Waals surface area contributed by atoms with Gasteiger partial charge < -0.3 is 10.3 Å². The summed E-state index contributed by atoms with van der Waals surface area (Å²) in [6.07, 6.45) is 1.82. The van der Waals surface area contributed by atoms with Crippen molar-refractivity contribution < 1.29 is 19.1 Å². The zero-order valence-corrected chi connectivity index (χ0v) is 13.9. The van der Waals surface area contributed by atoms with Gasteiger partial charge in [0.15, 0.2) is 0 Å². The molecular formula is C20H18N2O3. The Morgan fingerprint density at radius 2 is 1.56 bits per heavy atom. The Hall–Kier alpha value is -3.30. The summed E-state index contributed by atoms with van der Waals surface area (Å²) in [5.74, 6) is -1.65. The van der Waals surface area contributed by atoms with E-state index in [2.05, 4.69) is 16.1 Å². The third kappa shape index (κ3) is 3.32. The van der Waals surface area contributed by atoms with E-state index < -0.39 is 22.9 Å². The first-order chi connectivity index (χ1) is 12.1. The minimum atomic E-state index is -1.25. The predicted molar refractivity (Wildman–Crippen MR) is 94.1 cm³/mol. The average Bonchev–Trinajstić information content (AvgIpc) is 2.67. The molecule has 2 aromatic rings. The van der Waals surface area contributed by atoms with Crippen LogP contribution in [0.4, 0.5) is 0 Å². The molecule has 2 aromatic carbocycles. The second kappa shape index (κ2) is 7.99. The molecule has 0 aromatic heterocycles. The normalized spacial score (nSPS) is 10.4. The van der Waals surface area contributed by atoms with Crippen LogP contribution in [0.1, 0.15) is 17.5 Å². The van der Waals surface area contributed by atoms with Gasteiger partial charge in [0.25, 0.3) is 5.78 Å². The number of rotatable bonds is 7. The Bertz CT molecular complexity index is 783. The molecule has 0 spiro atoms. The number of methoxy groups -OCH3 is 1. The van der Waals surface area contributed by atoms with Crippen molar-refractivity contribution in [1.82, 2.24) is 0 Å². The number of esters is 1. The third-order valence-corrected chi connectivity index (χ3v) is 4.07. The Kier molecular flexibility index (Phi) is 5.77. The van der Waals surface area contributed by atoms with Gasteiger partial charge in [-0.05, 0) is 17.5 Å². The summed E-state index contributed by atoms with van der Waals surface area (Å²) in [6, 6.07) is 18.0. The molecule has 0 N–H and O–H groups in total. The molecule has 126 valence electrons. The molecule has 25 heavy (non-hydrogen) atoms. The molecule has 0 aliphatic carbocycles. The molecule has 0 amide bonds. The van der Waals surface area contributed by atoms with Crippen LogP contribution in [0.3, 0.4) is 0 Å². The van der Waals surface area contributed by atoms with E-state index in [0.29, 0.717) is 11.1 Å². The van der Waals surface area contributed by atoms with Crippen LogP contribution in [0, 0.1) is 0 Å². The van der Waals surface area contributed by atoms with Crippen molar-refractivity contribution in [3.05, 3.63) is 90.0 Å². The first-order valence-electron chi connectivity index (χ1n) is 7.69. The van der Waals surface area contributed by atoms with E-state index in [0.717, 1.165) is 7.11 Å². The summed E-state index contributed by atoms with van der Waals surface area (Å²) in [5, 5.41) is 0. The maximum absolute atomic E-state index is 13.3. The molecule has 0 saturated carbocycles. The lowest BCUT2D eigenvalue weighted by Crippen LogP contribution is -2.45. The monoisotopic (exact) mass is 334 g/mol. The highest BCUT2D eigenvalue weighted by atomic mass is 16.5. The molecule has 0 radical (unpaired) electrons. The fourth-order valence-corrected chi connectivity index (χ4v) is 2.90. The fourth-order valence-electron chi connectivity index (χ4n) is 2.90. The largest absolute Gasteiger partial charge is 0.460 e. The fraction of sp³-hybridized carbons (Fsp3) is 0.150. The molecule has 2 rings (SSSR count). The highest BCUT2D eigenvalue weighted by Gasteiger charge is 2.49. The first kappa shape index (κ1) is 18.0. The topological polar surface area (TPSA) is 79.8 Å². The van der Waals surface area contributed by atoms with Crippen LogP contribution in [-0.2, 0) is 19.7 Å². The van der Waals surface area contributed by atoms with E-state index in [1.807, 2.05) is 12.1 Å². The van der Waals surface area contributed by atoms with Crippen molar-refractivity contribution in [2.45, 2.75) is 11.8 Å². The van der Waals surface area contributed by atoms with E-state index in [1.54, 1.807) is 54.6 Å². The smallest absolute Gasteiger partial charge is 0.442 e. The summed E-state index contributed by atoms with van der Waals surface area (Å²) in [5.41, 5.74) is 8.68. The molecule has 5 heteroatoms. The molecule has 0 fully saturated rings. The van der Waals surface area contributed by atoms with Gasteiger partial charge in [0, 0.05) is 0 Å². The van der Waals surface area contributed by atoms with Gasteiger partial charge in [-0.2, -0.15) is 4.79 Å². The number of Topliss-reactive ketones (excluding diaryl/α,β-unsaturated/α-hetero) is 1. The number of hydrogen-bond donors (Lipinski definition) is 0. The molecule has 0 saturated heterocycles. The molecule has 5 nitrogen and oxygen atoms in total. The maximum Gasteiger partial charge on any atom is 0.442 e. The van der Waals surface area contributed by atoms with Crippen molar-refractivity contribution in [1.29, 1.82) is 0 Å². The van der Waals surface area contributed by atoms with Crippen LogP contribution in [0.2, 0.25) is 0 Å². The summed E-state index contributed by atoms with van der Waals surface area (Å²) in [7, 11) is 1.13. The molecule has 0 bridgehead atoms. The van der Waals surface area contributed by atoms with E-state index in [9.17, 15) is 15.1 Å². The number of carbonyl (C=O) groups is 2. The van der Waals surface area contributed by atoms with Crippen molar-refractivity contribution >= 4 is 17.5 Å². The summed E-state index contributed by atoms with van der Waals surface area (Å²) < 4.78 is 4.59. The Labute approximate surface area is 146 Å². The zero-order chi connectivity index (χ0) is 18.3. The molecule has 0 atom stereocenters. The lowest BCUT2D eigenvalue weighted by molar-refractivity contribution is -0.140. The quantitative estimate of drug-likeness (QED) is 0.195. The standard InChI is InChI=1S/C20H18N2O3/c1-3-14-20(15-10-6-4-7-11-15,16-12-8-5-9-13-16)18(23)17(22-21)19(24)25-2/h3-13H,1,14H2,2H3. The van der Waals surface area contributed by atoms with Crippen molar-refractivity contribution in [3.63, 3.8) is 0 Å². The molecule has 0 unspecified atom stereocenters. The Balaban J connectivity index is 2.79. The third-order valence-electron chi connectivity index (χ3n) is 4.07. The highest BCUT2D eigenvalue weighted by Crippen LogP contribution is 2.37. The number of hydrogen-bond acceptors (Lipinski definition) is 3. The number of nitrogens with zero attached hydrogens (tertiary/aromatic N) is 2. The lowest BCUT2D eigenvalue weighted by Gasteiger charge is -2.30. The van der Waals surface area contributed by atoms with Crippen LogP contribution in [0.15, 0.2) is 73.3 Å². The SMILES string of the molecule is C=CCC(C(=O)C(=[N+]=[N-])C(=O)OC)(c1ccccc1)c1ccccc1. The Morgan fingerprint density at radius 1 is 1.08 bits per heavy atom. The minimum Gasteiger partial charge on any atom is -0.460 e. The van der Waals surface area contributed by atoms with Crippen LogP contribution in [0.5, 0.6) is 0 Å². The van der Waals surface area contributed by atoms with Gasteiger partial charge >= 0.3 is 11.7 Å². The van der Waals surface area contributed by atoms with Crippen molar-refractivity contribution in [3.8, 4) is 0 Å². The number of allylic oxidation sites excluding steroid dienone is 1. The van der Waals surface area contributed by atoms with E-state index in [-0.39, 0.29) is 6.42 Å². The van der Waals surface area contributed by atoms with Crippen molar-refractivity contribution in [2.75, 3.05) is 7.11 Å². The van der Waals surface area contributed by atoms with Gasteiger partial charge in [-0.25, -0.2) is 4.79 Å². The predicted octanol–water partition coefficient (Wildman–Crippen LogP) is 2.96. The van der Waals surface area contributed by atoms with Gasteiger partial charge in [-0.1, -0.05) is 66.7 Å². The zero-order valence-electron chi connectivity index (χ0n) is 13.9. The molecule has 0 aliphatic heterocycles. The summed E-state index contributed by atoms with van der Waals surface area (Å²) in [6.45, 7) is 3.76. The number of ketones is 1. The second-order valence-electron chi connectivity index (χ2n) is 5.40. The lowest BCUT2D eigenvalue weighted by atomic mass is 9.68. The van der Waals surface area contributed by atoms with Gasteiger partial charge in [0.2, 0.25) is 0 Å². The molecule has 0 heterocycles. The number of ether oxygens (including phenoxy) is 1. The van der Waals surface area contributed by atoms with Crippen LogP contribution in [-0.4, -0.2) is 29.4 Å². The van der Waals surface area contributed by atoms with Gasteiger partial charge in [0.1, 0.15) is 0 Å². The van der Waals surface area contributed by atoms with Gasteiger partial charge in [0.05, 0.1) is 12.5 Å². The average molecular weight is 334 g/mol. The van der Waals surface area contributed by atoms with Gasteiger partial charge in [-0.3, -0.25) is 4.79 Å². The van der Waals surface area contributed by atoms with Crippen LogP contribution < -0.4 is 0 Å². The van der Waals surface area contributed by atoms with Crippen molar-refractivity contribution in [2.24, 2.45) is 0 Å². The first-order valence-corrected chi connectivity index (χ1v) is 7.69. The van der Waals surface area contributed by atoms with E-state index >= 15 is 0 Å². The highest BCUT2D eigenvalue weighted by molar-refractivity contribution is 6.64. The van der Waals surface area contributed by atoms with E-state index in [1.165, 1.54) is 0 Å². The summed E-state index contributed by atoms with van der Waals surface area (Å²) >= 11 is 0. The van der Waals surface area contributed by atoms with Crippen LogP contribution in [0.25, 0.3) is 5.53 Å². The number of carbonyl (C=O) groups excluding carboxylic acids is 2. The van der Waals surface area contributed by atoms with Gasteiger partial charge in [-0.15, -0.1) is 6.58 Å². The second-order valence-corrected chi connectivity index (χ2v) is 5.40. The van der Waals surface area contributed by atoms with Crippen LogP contribution >= 0.6 is 0 Å². The minimum absolute atomic E-state index is 0.218. The maximum atomic E-state index is 13.3. The Morgan fingerprint density at radius 3 is 1.92 bits per heavy atom. The summed E-state index contributed by atoms with van der Waals surface area (Å²) in [4.78, 5) is 28.2.